The summed E-state index contributed by atoms with van der Waals surface area (Å²) in [5, 5.41) is 8.27. The largest absolute Gasteiger partial charge is 0.457 e. The smallest absolute Gasteiger partial charge is 0.426 e. The number of nitriles is 1. The van der Waals surface area contributed by atoms with Gasteiger partial charge < -0.3 is 9.47 Å². The van der Waals surface area contributed by atoms with E-state index < -0.39 is 41.2 Å². The van der Waals surface area contributed by atoms with Crippen LogP contribution in [-0.2, 0) is 9.53 Å². The highest BCUT2D eigenvalue weighted by molar-refractivity contribution is 6.30. The van der Waals surface area contributed by atoms with Crippen molar-refractivity contribution in [2.75, 3.05) is 6.61 Å². The zero-order valence-electron chi connectivity index (χ0n) is 17.4. The molecule has 1 saturated carbocycles. The summed E-state index contributed by atoms with van der Waals surface area (Å²) in [5.74, 6) is -0.553. The lowest BCUT2D eigenvalue weighted by molar-refractivity contribution is -0.126. The van der Waals surface area contributed by atoms with Crippen LogP contribution in [0.25, 0.3) is 0 Å². The second-order valence-electron chi connectivity index (χ2n) is 8.11. The third-order valence-corrected chi connectivity index (χ3v) is 5.84. The van der Waals surface area contributed by atoms with Crippen molar-refractivity contribution in [1.82, 2.24) is 0 Å². The Balaban J connectivity index is 1.64. The number of Topliss-reactive ketones (excluding diaryl/α,β-unsaturated/α-hetero) is 1. The molecule has 0 bridgehead atoms. The number of nitrogens with zero attached hydrogens (tertiary/aromatic N) is 1. The number of allylic oxidation sites excluding steroid dienone is 2. The first kappa shape index (κ1) is 23.8. The maximum Gasteiger partial charge on any atom is 0.426 e. The molecule has 3 rings (SSSR count). The number of para-hydroxylation sites is 1. The molecule has 8 heteroatoms. The van der Waals surface area contributed by atoms with E-state index in [4.69, 9.17) is 21.1 Å². The topological polar surface area (TPSA) is 59.3 Å². The van der Waals surface area contributed by atoms with Crippen LogP contribution in [0.15, 0.2) is 65.7 Å². The maximum absolute atomic E-state index is 12.7. The highest BCUT2D eigenvalue weighted by Gasteiger charge is 2.60. The Hall–Kier alpha value is -2.82. The van der Waals surface area contributed by atoms with Gasteiger partial charge in [-0.1, -0.05) is 61.9 Å². The SMILES string of the molecule is CC1(C)C(/C=C(\Cl)C(F)(F)F)C1C(=O)COC(C#N)c1cccc(Oc2ccccc2)c1. The lowest BCUT2D eigenvalue weighted by Crippen LogP contribution is -2.16. The summed E-state index contributed by atoms with van der Waals surface area (Å²) in [6, 6.07) is 17.8. The predicted molar refractivity (Wildman–Crippen MR) is 113 cm³/mol. The average Bonchev–Trinajstić information content (AvgIpc) is 3.28. The highest BCUT2D eigenvalue weighted by Crippen LogP contribution is 2.60. The highest BCUT2D eigenvalue weighted by atomic mass is 35.5. The molecule has 1 aliphatic rings. The van der Waals surface area contributed by atoms with Crippen LogP contribution in [-0.4, -0.2) is 18.6 Å². The summed E-state index contributed by atoms with van der Waals surface area (Å²) < 4.78 is 49.4. The molecule has 0 aromatic heterocycles. The molecule has 1 fully saturated rings. The number of rotatable bonds is 8. The van der Waals surface area contributed by atoms with Crippen molar-refractivity contribution in [3.63, 3.8) is 0 Å². The van der Waals surface area contributed by atoms with Crippen molar-refractivity contribution >= 4 is 17.4 Å². The number of hydrogen-bond donors (Lipinski definition) is 0. The molecular formula is C24H21ClF3NO3. The first-order valence-electron chi connectivity index (χ1n) is 9.85. The van der Waals surface area contributed by atoms with E-state index >= 15 is 0 Å². The summed E-state index contributed by atoms with van der Waals surface area (Å²) in [4.78, 5) is 12.6. The average molecular weight is 464 g/mol. The monoisotopic (exact) mass is 463 g/mol. The van der Waals surface area contributed by atoms with E-state index in [2.05, 4.69) is 0 Å². The van der Waals surface area contributed by atoms with E-state index in [1.165, 1.54) is 0 Å². The van der Waals surface area contributed by atoms with Crippen molar-refractivity contribution in [3.8, 4) is 17.6 Å². The fraction of sp³-hybridized carbons (Fsp3) is 0.333. The van der Waals surface area contributed by atoms with E-state index in [-0.39, 0.29) is 5.78 Å². The van der Waals surface area contributed by atoms with Crippen LogP contribution >= 0.6 is 11.6 Å². The van der Waals surface area contributed by atoms with Crippen LogP contribution in [0.5, 0.6) is 11.5 Å². The molecule has 2 aromatic carbocycles. The fourth-order valence-electron chi connectivity index (χ4n) is 3.68. The third kappa shape index (κ3) is 5.50. The molecular weight excluding hydrogens is 443 g/mol. The zero-order valence-corrected chi connectivity index (χ0v) is 18.2. The summed E-state index contributed by atoms with van der Waals surface area (Å²) in [6.07, 6.45) is -4.80. The first-order valence-corrected chi connectivity index (χ1v) is 10.2. The van der Waals surface area contributed by atoms with Gasteiger partial charge in [-0.05, 0) is 41.2 Å². The van der Waals surface area contributed by atoms with Crippen LogP contribution in [0.4, 0.5) is 13.2 Å². The molecule has 2 aromatic rings. The minimum absolute atomic E-state index is 0.375. The van der Waals surface area contributed by atoms with Gasteiger partial charge in [-0.3, -0.25) is 4.79 Å². The Kier molecular flexibility index (Phi) is 6.97. The van der Waals surface area contributed by atoms with E-state index in [0.717, 1.165) is 6.08 Å². The summed E-state index contributed by atoms with van der Waals surface area (Å²) in [6.45, 7) is 3.00. The Morgan fingerprint density at radius 2 is 1.84 bits per heavy atom. The van der Waals surface area contributed by atoms with Crippen LogP contribution in [0, 0.1) is 28.6 Å². The lowest BCUT2D eigenvalue weighted by atomic mass is 10.1. The molecule has 3 unspecified atom stereocenters. The van der Waals surface area contributed by atoms with Crippen LogP contribution < -0.4 is 4.74 Å². The maximum atomic E-state index is 12.7. The molecule has 0 radical (unpaired) electrons. The van der Waals surface area contributed by atoms with E-state index in [1.54, 1.807) is 50.2 Å². The van der Waals surface area contributed by atoms with Crippen molar-refractivity contribution in [3.05, 3.63) is 71.3 Å². The molecule has 0 N–H and O–H groups in total. The molecule has 0 heterocycles. The minimum Gasteiger partial charge on any atom is -0.457 e. The van der Waals surface area contributed by atoms with Gasteiger partial charge in [-0.15, -0.1) is 0 Å². The summed E-state index contributed by atoms with van der Waals surface area (Å²) >= 11 is 5.33. The molecule has 168 valence electrons. The Labute approximate surface area is 189 Å². The Morgan fingerprint density at radius 3 is 2.47 bits per heavy atom. The van der Waals surface area contributed by atoms with E-state index in [1.807, 2.05) is 24.3 Å². The van der Waals surface area contributed by atoms with E-state index in [9.17, 15) is 23.2 Å². The van der Waals surface area contributed by atoms with Gasteiger partial charge >= 0.3 is 6.18 Å². The standard InChI is InChI=1S/C24H21ClF3NO3/c1-23(2)18(12-21(25)24(26,27)28)22(23)19(30)14-31-20(13-29)15-7-6-10-17(11-15)32-16-8-4-3-5-9-16/h3-12,18,20,22H,14H2,1-2H3/b21-12-. The van der Waals surface area contributed by atoms with Gasteiger partial charge in [-0.25, -0.2) is 0 Å². The van der Waals surface area contributed by atoms with Gasteiger partial charge in [0, 0.05) is 5.92 Å². The predicted octanol–water partition coefficient (Wildman–Crippen LogP) is 6.59. The van der Waals surface area contributed by atoms with Crippen molar-refractivity contribution in [2.45, 2.75) is 26.1 Å². The molecule has 4 nitrogen and oxygen atoms in total. The summed E-state index contributed by atoms with van der Waals surface area (Å²) in [5.41, 5.74) is -0.169. The van der Waals surface area contributed by atoms with Crippen LogP contribution in [0.2, 0.25) is 0 Å². The second-order valence-corrected chi connectivity index (χ2v) is 8.52. The second kappa shape index (κ2) is 9.35. The van der Waals surface area contributed by atoms with Crippen molar-refractivity contribution < 1.29 is 27.4 Å². The first-order chi connectivity index (χ1) is 15.0. The number of alkyl halides is 3. The molecule has 0 amide bonds. The van der Waals surface area contributed by atoms with Crippen molar-refractivity contribution in [2.24, 2.45) is 17.3 Å². The molecule has 3 atom stereocenters. The van der Waals surface area contributed by atoms with Gasteiger partial charge in [0.05, 0.1) is 6.07 Å². The molecule has 0 spiro atoms. The molecule has 1 aliphatic carbocycles. The van der Waals surface area contributed by atoms with Gasteiger partial charge in [0.1, 0.15) is 23.1 Å². The molecule has 32 heavy (non-hydrogen) atoms. The number of carbonyl (C=O) groups is 1. The van der Waals surface area contributed by atoms with Gasteiger partial charge in [0.2, 0.25) is 0 Å². The number of ketones is 1. The van der Waals surface area contributed by atoms with Crippen molar-refractivity contribution in [1.29, 1.82) is 5.26 Å². The Morgan fingerprint density at radius 1 is 1.19 bits per heavy atom. The van der Waals surface area contributed by atoms with Gasteiger partial charge in [-0.2, -0.15) is 18.4 Å². The number of ether oxygens (including phenoxy) is 2. The normalized spacial score (nSPS) is 20.8. The summed E-state index contributed by atoms with van der Waals surface area (Å²) in [7, 11) is 0. The van der Waals surface area contributed by atoms with Gasteiger partial charge in [0.25, 0.3) is 0 Å². The minimum atomic E-state index is -4.65. The number of benzene rings is 2. The zero-order chi connectivity index (χ0) is 23.5. The molecule has 0 aliphatic heterocycles. The van der Waals surface area contributed by atoms with Gasteiger partial charge in [0.15, 0.2) is 11.9 Å². The van der Waals surface area contributed by atoms with E-state index in [0.29, 0.717) is 17.1 Å². The fourth-order valence-corrected chi connectivity index (χ4v) is 3.82. The number of hydrogen-bond acceptors (Lipinski definition) is 4. The number of halogens is 4. The molecule has 0 saturated heterocycles. The number of carbonyl (C=O) groups excluding carboxylic acids is 1. The lowest BCUT2D eigenvalue weighted by Gasteiger charge is -2.13. The van der Waals surface area contributed by atoms with Crippen LogP contribution in [0.1, 0.15) is 25.5 Å². The Bertz CT molecular complexity index is 1040. The quantitative estimate of drug-likeness (QED) is 0.443. The van der Waals surface area contributed by atoms with Crippen LogP contribution in [0.3, 0.4) is 0 Å². The third-order valence-electron chi connectivity index (χ3n) is 5.50.